The summed E-state index contributed by atoms with van der Waals surface area (Å²) >= 11 is 0. The molecule has 0 radical (unpaired) electrons. The normalized spacial score (nSPS) is 16.8. The average molecular weight is 298 g/mol. The van der Waals surface area contributed by atoms with Gasteiger partial charge in [0.1, 0.15) is 0 Å². The molecule has 1 aliphatic carbocycles. The molecule has 0 aromatic heterocycles. The van der Waals surface area contributed by atoms with Crippen LogP contribution in [0.5, 0.6) is 0 Å². The Morgan fingerprint density at radius 2 is 1.90 bits per heavy atom. The van der Waals surface area contributed by atoms with Gasteiger partial charge in [-0.15, -0.1) is 0 Å². The molecule has 1 amide bonds. The van der Waals surface area contributed by atoms with E-state index in [1.807, 2.05) is 0 Å². The molecule has 0 spiro atoms. The van der Waals surface area contributed by atoms with Crippen LogP contribution in [0.2, 0.25) is 0 Å². The number of hydrogen-bond donors (Lipinski definition) is 1. The van der Waals surface area contributed by atoms with E-state index in [2.05, 4.69) is 25.7 Å². The second kappa shape index (κ2) is 8.74. The van der Waals surface area contributed by atoms with Crippen LogP contribution in [0, 0.1) is 11.3 Å². The van der Waals surface area contributed by atoms with Crippen molar-refractivity contribution in [3.63, 3.8) is 0 Å². The molecule has 4 heteroatoms. The number of methoxy groups -OCH3 is 1. The van der Waals surface area contributed by atoms with E-state index in [1.165, 1.54) is 12.8 Å². The summed E-state index contributed by atoms with van der Waals surface area (Å²) in [5.74, 6) is 0.926. The van der Waals surface area contributed by atoms with Crippen LogP contribution in [-0.4, -0.2) is 43.7 Å². The number of nitrogens with two attached hydrogens (primary N) is 1. The van der Waals surface area contributed by atoms with E-state index in [1.54, 1.807) is 7.11 Å². The first-order chi connectivity index (χ1) is 10.1. The summed E-state index contributed by atoms with van der Waals surface area (Å²) < 4.78 is 5.21. The molecule has 1 aliphatic rings. The van der Waals surface area contributed by atoms with Crippen LogP contribution in [0.25, 0.3) is 0 Å². The molecule has 4 nitrogen and oxygen atoms in total. The largest absolute Gasteiger partial charge is 0.383 e. The molecule has 0 aromatic rings. The van der Waals surface area contributed by atoms with E-state index in [-0.39, 0.29) is 11.3 Å². The van der Waals surface area contributed by atoms with E-state index in [4.69, 9.17) is 10.5 Å². The fraction of sp³-hybridized carbons (Fsp3) is 0.941. The Labute approximate surface area is 130 Å². The van der Waals surface area contributed by atoms with E-state index in [0.29, 0.717) is 31.7 Å². The Morgan fingerprint density at radius 1 is 1.33 bits per heavy atom. The number of rotatable bonds is 11. The lowest BCUT2D eigenvalue weighted by Crippen LogP contribution is -2.52. The summed E-state index contributed by atoms with van der Waals surface area (Å²) in [5.41, 5.74) is 5.69. The third-order valence-electron chi connectivity index (χ3n) is 4.89. The second-order valence-corrected chi connectivity index (χ2v) is 6.55. The van der Waals surface area contributed by atoms with E-state index >= 15 is 0 Å². The SMILES string of the molecule is CCCC(CN)(CCC)C(=O)N(CCOC)C(C)C1CC1. The first-order valence-corrected chi connectivity index (χ1v) is 8.56. The van der Waals surface area contributed by atoms with Gasteiger partial charge in [-0.05, 0) is 38.5 Å². The van der Waals surface area contributed by atoms with E-state index < -0.39 is 0 Å². The van der Waals surface area contributed by atoms with Crippen LogP contribution in [0.1, 0.15) is 59.3 Å². The topological polar surface area (TPSA) is 55.6 Å². The highest BCUT2D eigenvalue weighted by atomic mass is 16.5. The van der Waals surface area contributed by atoms with Gasteiger partial charge in [-0.1, -0.05) is 26.7 Å². The summed E-state index contributed by atoms with van der Waals surface area (Å²) in [6.07, 6.45) is 6.26. The summed E-state index contributed by atoms with van der Waals surface area (Å²) in [4.78, 5) is 15.3. The lowest BCUT2D eigenvalue weighted by Gasteiger charge is -2.39. The van der Waals surface area contributed by atoms with Crippen molar-refractivity contribution in [1.29, 1.82) is 0 Å². The Hall–Kier alpha value is -0.610. The maximum atomic E-state index is 13.2. The van der Waals surface area contributed by atoms with Gasteiger partial charge in [-0.3, -0.25) is 4.79 Å². The monoisotopic (exact) mass is 298 g/mol. The summed E-state index contributed by atoms with van der Waals surface area (Å²) in [7, 11) is 1.69. The predicted octanol–water partition coefficient (Wildman–Crippen LogP) is 2.81. The van der Waals surface area contributed by atoms with Crippen molar-refractivity contribution in [3.8, 4) is 0 Å². The van der Waals surface area contributed by atoms with E-state index in [9.17, 15) is 4.79 Å². The van der Waals surface area contributed by atoms with Gasteiger partial charge < -0.3 is 15.4 Å². The van der Waals surface area contributed by atoms with Crippen molar-refractivity contribution >= 4 is 5.91 Å². The molecular formula is C17H34N2O2. The maximum Gasteiger partial charge on any atom is 0.230 e. The molecule has 1 fully saturated rings. The quantitative estimate of drug-likeness (QED) is 0.638. The zero-order chi connectivity index (χ0) is 15.9. The molecular weight excluding hydrogens is 264 g/mol. The van der Waals surface area contributed by atoms with E-state index in [0.717, 1.165) is 25.7 Å². The number of ether oxygens (including phenoxy) is 1. The molecule has 124 valence electrons. The number of carbonyl (C=O) groups is 1. The van der Waals surface area contributed by atoms with Crippen LogP contribution in [0.4, 0.5) is 0 Å². The highest BCUT2D eigenvalue weighted by molar-refractivity contribution is 5.83. The highest BCUT2D eigenvalue weighted by Gasteiger charge is 2.42. The third-order valence-corrected chi connectivity index (χ3v) is 4.89. The van der Waals surface area contributed by atoms with Gasteiger partial charge in [0.05, 0.1) is 12.0 Å². The lowest BCUT2D eigenvalue weighted by atomic mass is 9.77. The van der Waals surface area contributed by atoms with Gasteiger partial charge in [0.2, 0.25) is 5.91 Å². The zero-order valence-corrected chi connectivity index (χ0v) is 14.4. The molecule has 21 heavy (non-hydrogen) atoms. The summed E-state index contributed by atoms with van der Waals surface area (Å²) in [6, 6.07) is 0.312. The smallest absolute Gasteiger partial charge is 0.230 e. The Bertz CT molecular complexity index is 310. The van der Waals surface area contributed by atoms with Crippen molar-refractivity contribution in [1.82, 2.24) is 4.90 Å². The third kappa shape index (κ3) is 4.68. The zero-order valence-electron chi connectivity index (χ0n) is 14.4. The van der Waals surface area contributed by atoms with Crippen molar-refractivity contribution in [2.24, 2.45) is 17.1 Å². The van der Waals surface area contributed by atoms with Crippen molar-refractivity contribution in [2.45, 2.75) is 65.3 Å². The lowest BCUT2D eigenvalue weighted by molar-refractivity contribution is -0.146. The summed E-state index contributed by atoms with van der Waals surface area (Å²) in [5, 5.41) is 0. The van der Waals surface area contributed by atoms with Gasteiger partial charge in [-0.25, -0.2) is 0 Å². The van der Waals surface area contributed by atoms with Crippen molar-refractivity contribution in [3.05, 3.63) is 0 Å². The minimum atomic E-state index is -0.375. The molecule has 0 aromatic carbocycles. The highest BCUT2D eigenvalue weighted by Crippen LogP contribution is 2.38. The maximum absolute atomic E-state index is 13.2. The average Bonchev–Trinajstić information content (AvgIpc) is 3.31. The van der Waals surface area contributed by atoms with Gasteiger partial charge in [0, 0.05) is 26.2 Å². The molecule has 0 heterocycles. The van der Waals surface area contributed by atoms with Gasteiger partial charge >= 0.3 is 0 Å². The Morgan fingerprint density at radius 3 is 2.29 bits per heavy atom. The van der Waals surface area contributed by atoms with Crippen molar-refractivity contribution < 1.29 is 9.53 Å². The van der Waals surface area contributed by atoms with Crippen LogP contribution in [0.15, 0.2) is 0 Å². The fourth-order valence-electron chi connectivity index (χ4n) is 3.40. The first-order valence-electron chi connectivity index (χ1n) is 8.56. The molecule has 0 saturated heterocycles. The molecule has 1 unspecified atom stereocenters. The molecule has 1 saturated carbocycles. The first kappa shape index (κ1) is 18.4. The van der Waals surface area contributed by atoms with Crippen LogP contribution >= 0.6 is 0 Å². The Kier molecular flexibility index (Phi) is 7.67. The molecule has 0 aliphatic heterocycles. The number of hydrogen-bond acceptors (Lipinski definition) is 3. The predicted molar refractivity (Wildman–Crippen MR) is 87.1 cm³/mol. The molecule has 1 rings (SSSR count). The Balaban J connectivity index is 2.91. The number of carbonyl (C=O) groups excluding carboxylic acids is 1. The number of nitrogens with zero attached hydrogens (tertiary/aromatic N) is 1. The van der Waals surface area contributed by atoms with Crippen LogP contribution in [-0.2, 0) is 9.53 Å². The standard InChI is InChI=1S/C17H34N2O2/c1-5-9-17(13-18,10-6-2)16(20)19(11-12-21-4)14(3)15-7-8-15/h14-15H,5-13,18H2,1-4H3. The molecule has 2 N–H and O–H groups in total. The second-order valence-electron chi connectivity index (χ2n) is 6.55. The van der Waals surface area contributed by atoms with Gasteiger partial charge in [-0.2, -0.15) is 0 Å². The van der Waals surface area contributed by atoms with Crippen LogP contribution in [0.3, 0.4) is 0 Å². The minimum absolute atomic E-state index is 0.255. The molecule has 1 atom stereocenters. The molecule has 0 bridgehead atoms. The fourth-order valence-corrected chi connectivity index (χ4v) is 3.40. The van der Waals surface area contributed by atoms with Gasteiger partial charge in [0.15, 0.2) is 0 Å². The number of amides is 1. The van der Waals surface area contributed by atoms with Gasteiger partial charge in [0.25, 0.3) is 0 Å². The van der Waals surface area contributed by atoms with Crippen molar-refractivity contribution in [2.75, 3.05) is 26.8 Å². The minimum Gasteiger partial charge on any atom is -0.383 e. The van der Waals surface area contributed by atoms with Crippen LogP contribution < -0.4 is 5.73 Å². The summed E-state index contributed by atoms with van der Waals surface area (Å²) in [6.45, 7) is 8.19.